The smallest absolute Gasteiger partial charge is 0.247 e. The van der Waals surface area contributed by atoms with Gasteiger partial charge in [0.2, 0.25) is 17.7 Å². The molecule has 134 valence electrons. The number of rotatable bonds is 7. The molecule has 0 bridgehead atoms. The summed E-state index contributed by atoms with van der Waals surface area (Å²) in [7, 11) is 0. The van der Waals surface area contributed by atoms with Crippen LogP contribution in [-0.4, -0.2) is 27.5 Å². The van der Waals surface area contributed by atoms with Crippen molar-refractivity contribution in [2.75, 3.05) is 6.54 Å². The van der Waals surface area contributed by atoms with Gasteiger partial charge in [-0.25, -0.2) is 0 Å². The van der Waals surface area contributed by atoms with Gasteiger partial charge in [0.05, 0.1) is 0 Å². The van der Waals surface area contributed by atoms with Crippen LogP contribution in [0, 0.1) is 6.92 Å². The molecule has 0 aliphatic carbocycles. The Labute approximate surface area is 153 Å². The van der Waals surface area contributed by atoms with Crippen LogP contribution in [0.3, 0.4) is 0 Å². The van der Waals surface area contributed by atoms with Crippen LogP contribution in [0.4, 0.5) is 0 Å². The van der Waals surface area contributed by atoms with Crippen LogP contribution >= 0.6 is 0 Å². The lowest BCUT2D eigenvalue weighted by Gasteiger charge is -2.20. The van der Waals surface area contributed by atoms with Crippen LogP contribution in [0.15, 0.2) is 59.0 Å². The maximum absolute atomic E-state index is 12.5. The molecule has 1 heterocycles. The third-order valence-electron chi connectivity index (χ3n) is 4.24. The molecule has 3 rings (SSSR count). The summed E-state index contributed by atoms with van der Waals surface area (Å²) in [6.45, 7) is 5.30. The summed E-state index contributed by atoms with van der Waals surface area (Å²) in [6, 6.07) is 17.9. The molecule has 3 aromatic rings. The zero-order valence-electron chi connectivity index (χ0n) is 15.2. The highest BCUT2D eigenvalue weighted by atomic mass is 16.4. The van der Waals surface area contributed by atoms with E-state index in [0.29, 0.717) is 37.7 Å². The SMILES string of the molecule is CCN(Cc1ccccc1)C(=O)CCc1nnc(-c2cccc(C)c2)o1. The van der Waals surface area contributed by atoms with Crippen LogP contribution < -0.4 is 0 Å². The molecule has 0 aliphatic heterocycles. The number of hydrogen-bond acceptors (Lipinski definition) is 4. The Hall–Kier alpha value is -2.95. The molecule has 2 aromatic carbocycles. The molecule has 0 atom stereocenters. The summed E-state index contributed by atoms with van der Waals surface area (Å²) in [5.41, 5.74) is 3.16. The van der Waals surface area contributed by atoms with E-state index in [9.17, 15) is 4.79 Å². The number of aromatic nitrogens is 2. The Morgan fingerprint density at radius 3 is 2.62 bits per heavy atom. The van der Waals surface area contributed by atoms with E-state index >= 15 is 0 Å². The largest absolute Gasteiger partial charge is 0.421 e. The average molecular weight is 349 g/mol. The Kier molecular flexibility index (Phi) is 5.79. The molecule has 0 unspecified atom stereocenters. The first-order valence-electron chi connectivity index (χ1n) is 8.87. The lowest BCUT2D eigenvalue weighted by Crippen LogP contribution is -2.30. The Morgan fingerprint density at radius 2 is 1.88 bits per heavy atom. The van der Waals surface area contributed by atoms with Crippen molar-refractivity contribution in [3.63, 3.8) is 0 Å². The third kappa shape index (κ3) is 4.57. The van der Waals surface area contributed by atoms with Gasteiger partial charge in [-0.2, -0.15) is 0 Å². The molecule has 1 aromatic heterocycles. The van der Waals surface area contributed by atoms with E-state index in [-0.39, 0.29) is 5.91 Å². The lowest BCUT2D eigenvalue weighted by atomic mass is 10.1. The topological polar surface area (TPSA) is 59.2 Å². The van der Waals surface area contributed by atoms with Crippen LogP contribution in [0.1, 0.15) is 30.4 Å². The van der Waals surface area contributed by atoms with Crippen molar-refractivity contribution in [1.29, 1.82) is 0 Å². The number of benzene rings is 2. The fraction of sp³-hybridized carbons (Fsp3) is 0.286. The predicted molar refractivity (Wildman–Crippen MR) is 100 cm³/mol. The van der Waals surface area contributed by atoms with E-state index in [1.54, 1.807) is 0 Å². The summed E-state index contributed by atoms with van der Waals surface area (Å²) in [4.78, 5) is 14.3. The van der Waals surface area contributed by atoms with Gasteiger partial charge in [-0.1, -0.05) is 48.0 Å². The van der Waals surface area contributed by atoms with Gasteiger partial charge in [0, 0.05) is 31.5 Å². The monoisotopic (exact) mass is 349 g/mol. The van der Waals surface area contributed by atoms with E-state index < -0.39 is 0 Å². The number of aryl methyl sites for hydroxylation is 2. The molecule has 0 N–H and O–H groups in total. The molecule has 0 spiro atoms. The molecule has 5 nitrogen and oxygen atoms in total. The van der Waals surface area contributed by atoms with Crippen LogP contribution in [-0.2, 0) is 17.8 Å². The first-order valence-corrected chi connectivity index (χ1v) is 8.87. The molecule has 0 saturated heterocycles. The first kappa shape index (κ1) is 17.9. The Bertz CT molecular complexity index is 858. The van der Waals surface area contributed by atoms with E-state index in [2.05, 4.69) is 10.2 Å². The standard InChI is InChI=1S/C21H23N3O2/c1-3-24(15-17-9-5-4-6-10-17)20(25)13-12-19-22-23-21(26-19)18-11-7-8-16(2)14-18/h4-11,14H,3,12-13,15H2,1-2H3. The minimum Gasteiger partial charge on any atom is -0.421 e. The van der Waals surface area contributed by atoms with E-state index in [0.717, 1.165) is 16.7 Å². The highest BCUT2D eigenvalue weighted by molar-refractivity contribution is 5.76. The maximum Gasteiger partial charge on any atom is 0.247 e. The zero-order chi connectivity index (χ0) is 18.4. The second-order valence-corrected chi connectivity index (χ2v) is 6.26. The van der Waals surface area contributed by atoms with Crippen molar-refractivity contribution in [1.82, 2.24) is 15.1 Å². The molecular weight excluding hydrogens is 326 g/mol. The minimum absolute atomic E-state index is 0.0895. The minimum atomic E-state index is 0.0895. The van der Waals surface area contributed by atoms with Crippen molar-refractivity contribution < 1.29 is 9.21 Å². The molecule has 0 saturated carbocycles. The number of amides is 1. The zero-order valence-corrected chi connectivity index (χ0v) is 15.2. The maximum atomic E-state index is 12.5. The molecule has 26 heavy (non-hydrogen) atoms. The van der Waals surface area contributed by atoms with Gasteiger partial charge in [0.1, 0.15) is 0 Å². The molecule has 1 amide bonds. The second kappa shape index (κ2) is 8.43. The molecule has 0 radical (unpaired) electrons. The van der Waals surface area contributed by atoms with Crippen LogP contribution in [0.25, 0.3) is 11.5 Å². The van der Waals surface area contributed by atoms with Gasteiger partial charge >= 0.3 is 0 Å². The molecule has 5 heteroatoms. The fourth-order valence-electron chi connectivity index (χ4n) is 2.80. The van der Waals surface area contributed by atoms with Crippen molar-refractivity contribution in [3.8, 4) is 11.5 Å². The van der Waals surface area contributed by atoms with Gasteiger partial charge in [-0.05, 0) is 31.5 Å². The van der Waals surface area contributed by atoms with Gasteiger partial charge < -0.3 is 9.32 Å². The number of nitrogens with zero attached hydrogens (tertiary/aromatic N) is 3. The second-order valence-electron chi connectivity index (χ2n) is 6.26. The van der Waals surface area contributed by atoms with Crippen molar-refractivity contribution in [2.24, 2.45) is 0 Å². The normalized spacial score (nSPS) is 10.7. The summed E-state index contributed by atoms with van der Waals surface area (Å²) in [6.07, 6.45) is 0.805. The molecule has 0 aliphatic rings. The number of carbonyl (C=O) groups is 1. The summed E-state index contributed by atoms with van der Waals surface area (Å²) < 4.78 is 5.71. The van der Waals surface area contributed by atoms with Crippen molar-refractivity contribution >= 4 is 5.91 Å². The Balaban J connectivity index is 1.59. The Morgan fingerprint density at radius 1 is 1.08 bits per heavy atom. The summed E-state index contributed by atoms with van der Waals surface area (Å²) in [5, 5.41) is 8.17. The van der Waals surface area contributed by atoms with Crippen molar-refractivity contribution in [2.45, 2.75) is 33.2 Å². The van der Waals surface area contributed by atoms with Crippen LogP contribution in [0.5, 0.6) is 0 Å². The summed E-state index contributed by atoms with van der Waals surface area (Å²) in [5.74, 6) is 1.07. The average Bonchev–Trinajstić information content (AvgIpc) is 3.14. The van der Waals surface area contributed by atoms with E-state index in [4.69, 9.17) is 4.42 Å². The highest BCUT2D eigenvalue weighted by Gasteiger charge is 2.15. The quantitative estimate of drug-likeness (QED) is 0.646. The van der Waals surface area contributed by atoms with E-state index in [1.807, 2.05) is 73.3 Å². The highest BCUT2D eigenvalue weighted by Crippen LogP contribution is 2.19. The number of carbonyl (C=O) groups excluding carboxylic acids is 1. The van der Waals surface area contributed by atoms with Gasteiger partial charge in [-0.3, -0.25) is 4.79 Å². The molecular formula is C21H23N3O2. The van der Waals surface area contributed by atoms with E-state index in [1.165, 1.54) is 0 Å². The third-order valence-corrected chi connectivity index (χ3v) is 4.24. The first-order chi connectivity index (χ1) is 12.7. The fourth-order valence-corrected chi connectivity index (χ4v) is 2.80. The van der Waals surface area contributed by atoms with Gasteiger partial charge in [-0.15, -0.1) is 10.2 Å². The van der Waals surface area contributed by atoms with Gasteiger partial charge in [0.15, 0.2) is 0 Å². The molecule has 0 fully saturated rings. The summed E-state index contributed by atoms with van der Waals surface area (Å²) >= 11 is 0. The van der Waals surface area contributed by atoms with Crippen LogP contribution in [0.2, 0.25) is 0 Å². The number of hydrogen-bond donors (Lipinski definition) is 0. The predicted octanol–water partition coefficient (Wildman–Crippen LogP) is 4.03. The van der Waals surface area contributed by atoms with Gasteiger partial charge in [0.25, 0.3) is 0 Å². The lowest BCUT2D eigenvalue weighted by molar-refractivity contribution is -0.131. The van der Waals surface area contributed by atoms with Crippen molar-refractivity contribution in [3.05, 3.63) is 71.6 Å².